The number of anilines is 2. The molecule has 2 unspecified atom stereocenters. The Balaban J connectivity index is 1.72. The van der Waals surface area contributed by atoms with Crippen molar-refractivity contribution in [3.8, 4) is 0 Å². The summed E-state index contributed by atoms with van der Waals surface area (Å²) in [5.74, 6) is -0.254. The SMILES string of the molecule is Cc1cccc2c1NCCC2C(=O)n1nc2c(c1N)CN(S(C)(=O)=O)C(C)C2. The minimum Gasteiger partial charge on any atom is -0.385 e. The lowest BCUT2D eigenvalue weighted by Gasteiger charge is -2.30. The van der Waals surface area contributed by atoms with Crippen LogP contribution >= 0.6 is 0 Å². The number of nitrogens with one attached hydrogen (secondary N) is 1. The van der Waals surface area contributed by atoms with Crippen molar-refractivity contribution in [1.29, 1.82) is 0 Å². The first-order valence-electron chi connectivity index (χ1n) is 9.39. The minimum absolute atomic E-state index is 0.149. The number of carbonyl (C=O) groups is 1. The highest BCUT2D eigenvalue weighted by Crippen LogP contribution is 2.36. The molecule has 0 saturated carbocycles. The van der Waals surface area contributed by atoms with E-state index in [1.807, 2.05) is 32.0 Å². The molecule has 2 aliphatic heterocycles. The zero-order chi connectivity index (χ0) is 20.2. The molecule has 4 rings (SSSR count). The van der Waals surface area contributed by atoms with E-state index in [4.69, 9.17) is 5.73 Å². The van der Waals surface area contributed by atoms with E-state index in [1.165, 1.54) is 15.2 Å². The predicted molar refractivity (Wildman–Crippen MR) is 108 cm³/mol. The molecular weight excluding hydrogens is 378 g/mol. The van der Waals surface area contributed by atoms with Gasteiger partial charge in [0.05, 0.1) is 17.9 Å². The molecule has 28 heavy (non-hydrogen) atoms. The third kappa shape index (κ3) is 2.98. The van der Waals surface area contributed by atoms with Crippen LogP contribution in [0.3, 0.4) is 0 Å². The summed E-state index contributed by atoms with van der Waals surface area (Å²) in [4.78, 5) is 13.3. The van der Waals surface area contributed by atoms with Gasteiger partial charge in [0.15, 0.2) is 0 Å². The molecule has 0 fully saturated rings. The Morgan fingerprint density at radius 1 is 1.36 bits per heavy atom. The summed E-state index contributed by atoms with van der Waals surface area (Å²) in [6.45, 7) is 4.71. The highest BCUT2D eigenvalue weighted by atomic mass is 32.2. The van der Waals surface area contributed by atoms with Crippen molar-refractivity contribution in [2.45, 2.75) is 45.2 Å². The number of rotatable bonds is 2. The molecule has 2 aromatic rings. The molecule has 3 heterocycles. The number of carbonyl (C=O) groups excluding carboxylic acids is 1. The van der Waals surface area contributed by atoms with Gasteiger partial charge in [-0.05, 0) is 31.4 Å². The van der Waals surface area contributed by atoms with Crippen LogP contribution in [0.15, 0.2) is 18.2 Å². The Morgan fingerprint density at radius 2 is 2.11 bits per heavy atom. The standard InChI is InChI=1S/C19H25N5O3S/c1-11-5-4-6-13-14(7-8-21-17(11)13)19(25)24-18(20)15-10-23(28(3,26)27)12(2)9-16(15)22-24/h4-6,12,14,21H,7-10,20H2,1-3H3. The molecule has 8 nitrogen and oxygen atoms in total. The Labute approximate surface area is 164 Å². The molecule has 0 spiro atoms. The first-order chi connectivity index (χ1) is 13.2. The van der Waals surface area contributed by atoms with Crippen LogP contribution in [0, 0.1) is 6.92 Å². The number of aromatic nitrogens is 2. The summed E-state index contributed by atoms with van der Waals surface area (Å²) >= 11 is 0. The van der Waals surface area contributed by atoms with Gasteiger partial charge in [0.2, 0.25) is 10.0 Å². The fourth-order valence-corrected chi connectivity index (χ4v) is 5.37. The highest BCUT2D eigenvalue weighted by Gasteiger charge is 2.36. The van der Waals surface area contributed by atoms with E-state index in [0.29, 0.717) is 30.6 Å². The number of aryl methyl sites for hydroxylation is 1. The van der Waals surface area contributed by atoms with Crippen LogP contribution in [0.2, 0.25) is 0 Å². The maximum absolute atomic E-state index is 13.3. The molecule has 1 aromatic heterocycles. The lowest BCUT2D eigenvalue weighted by molar-refractivity contribution is 0.0859. The van der Waals surface area contributed by atoms with E-state index in [9.17, 15) is 13.2 Å². The molecule has 0 amide bonds. The van der Waals surface area contributed by atoms with Gasteiger partial charge in [-0.25, -0.2) is 8.42 Å². The molecule has 1 aromatic carbocycles. The second-order valence-electron chi connectivity index (χ2n) is 7.73. The average Bonchev–Trinajstić information content (AvgIpc) is 2.95. The van der Waals surface area contributed by atoms with Crippen LogP contribution in [-0.2, 0) is 23.0 Å². The summed E-state index contributed by atoms with van der Waals surface area (Å²) in [6.07, 6.45) is 2.29. The fourth-order valence-electron chi connectivity index (χ4n) is 4.28. The van der Waals surface area contributed by atoms with E-state index in [-0.39, 0.29) is 30.2 Å². The fraction of sp³-hybridized carbons (Fsp3) is 0.474. The van der Waals surface area contributed by atoms with Gasteiger partial charge in [-0.2, -0.15) is 14.1 Å². The Morgan fingerprint density at radius 3 is 2.82 bits per heavy atom. The van der Waals surface area contributed by atoms with E-state index in [1.54, 1.807) is 0 Å². The van der Waals surface area contributed by atoms with E-state index in [2.05, 4.69) is 10.4 Å². The molecule has 3 N–H and O–H groups in total. The van der Waals surface area contributed by atoms with Crippen LogP contribution in [0.1, 0.15) is 46.4 Å². The number of fused-ring (bicyclic) bond motifs is 2. The van der Waals surface area contributed by atoms with E-state index >= 15 is 0 Å². The van der Waals surface area contributed by atoms with Crippen molar-refractivity contribution in [3.63, 3.8) is 0 Å². The van der Waals surface area contributed by atoms with Gasteiger partial charge in [-0.3, -0.25) is 4.79 Å². The molecule has 0 aliphatic carbocycles. The van der Waals surface area contributed by atoms with Gasteiger partial charge in [0, 0.05) is 36.8 Å². The van der Waals surface area contributed by atoms with Crippen molar-refractivity contribution in [2.75, 3.05) is 23.9 Å². The lowest BCUT2D eigenvalue weighted by Crippen LogP contribution is -2.41. The summed E-state index contributed by atoms with van der Waals surface area (Å²) in [7, 11) is -3.36. The van der Waals surface area contributed by atoms with Gasteiger partial charge < -0.3 is 11.1 Å². The molecule has 0 radical (unpaired) electrons. The van der Waals surface area contributed by atoms with Crippen molar-refractivity contribution in [1.82, 2.24) is 14.1 Å². The van der Waals surface area contributed by atoms with Crippen molar-refractivity contribution in [2.24, 2.45) is 0 Å². The van der Waals surface area contributed by atoms with E-state index in [0.717, 1.165) is 16.8 Å². The Hall–Kier alpha value is -2.39. The van der Waals surface area contributed by atoms with Crippen molar-refractivity contribution in [3.05, 3.63) is 40.6 Å². The van der Waals surface area contributed by atoms with Crippen LogP contribution in [0.25, 0.3) is 0 Å². The van der Waals surface area contributed by atoms with Crippen LogP contribution < -0.4 is 11.1 Å². The van der Waals surface area contributed by atoms with E-state index < -0.39 is 10.0 Å². The zero-order valence-electron chi connectivity index (χ0n) is 16.3. The molecule has 0 saturated heterocycles. The molecule has 9 heteroatoms. The van der Waals surface area contributed by atoms with Crippen molar-refractivity contribution < 1.29 is 13.2 Å². The first-order valence-corrected chi connectivity index (χ1v) is 11.2. The third-order valence-corrected chi connectivity index (χ3v) is 7.09. The van der Waals surface area contributed by atoms with Crippen molar-refractivity contribution >= 4 is 27.4 Å². The van der Waals surface area contributed by atoms with Gasteiger partial charge in [0.25, 0.3) is 5.91 Å². The number of nitrogen functional groups attached to an aromatic ring is 1. The molecule has 2 atom stereocenters. The monoisotopic (exact) mass is 403 g/mol. The topological polar surface area (TPSA) is 110 Å². The maximum Gasteiger partial charge on any atom is 0.256 e. The second kappa shape index (κ2) is 6.59. The molecule has 150 valence electrons. The zero-order valence-corrected chi connectivity index (χ0v) is 17.1. The normalized spacial score (nSPS) is 22.2. The quantitative estimate of drug-likeness (QED) is 0.790. The summed E-state index contributed by atoms with van der Waals surface area (Å²) in [5.41, 5.74) is 10.7. The number of nitrogens with two attached hydrogens (primary N) is 1. The number of nitrogens with zero attached hydrogens (tertiary/aromatic N) is 3. The van der Waals surface area contributed by atoms with Gasteiger partial charge in [-0.15, -0.1) is 0 Å². The van der Waals surface area contributed by atoms with Crippen LogP contribution in [-0.4, -0.2) is 47.3 Å². The Kier molecular flexibility index (Phi) is 4.46. The van der Waals surface area contributed by atoms with Gasteiger partial charge in [-0.1, -0.05) is 18.2 Å². The smallest absolute Gasteiger partial charge is 0.256 e. The summed E-state index contributed by atoms with van der Waals surface area (Å²) in [6, 6.07) is 5.71. The maximum atomic E-state index is 13.3. The largest absolute Gasteiger partial charge is 0.385 e. The van der Waals surface area contributed by atoms with Crippen LogP contribution in [0.4, 0.5) is 11.5 Å². The number of hydrogen-bond donors (Lipinski definition) is 2. The highest BCUT2D eigenvalue weighted by molar-refractivity contribution is 7.88. The number of benzene rings is 1. The third-order valence-electron chi connectivity index (χ3n) is 5.75. The Bertz CT molecular complexity index is 1060. The van der Waals surface area contributed by atoms with Gasteiger partial charge >= 0.3 is 0 Å². The molecule has 2 aliphatic rings. The number of hydrogen-bond acceptors (Lipinski definition) is 6. The van der Waals surface area contributed by atoms with Gasteiger partial charge in [0.1, 0.15) is 5.82 Å². The summed E-state index contributed by atoms with van der Waals surface area (Å²) < 4.78 is 26.8. The molecule has 0 bridgehead atoms. The molecular formula is C19H25N5O3S. The summed E-state index contributed by atoms with van der Waals surface area (Å²) in [5, 5.41) is 7.86. The second-order valence-corrected chi connectivity index (χ2v) is 9.66. The number of sulfonamides is 1. The minimum atomic E-state index is -3.36. The van der Waals surface area contributed by atoms with Crippen LogP contribution in [0.5, 0.6) is 0 Å². The average molecular weight is 404 g/mol. The lowest BCUT2D eigenvalue weighted by atomic mass is 9.88. The number of para-hydroxylation sites is 1. The first kappa shape index (κ1) is 18.9. The predicted octanol–water partition coefficient (Wildman–Crippen LogP) is 1.72.